The molecule has 0 spiro atoms. The lowest BCUT2D eigenvalue weighted by molar-refractivity contribution is 0.198. The van der Waals surface area contributed by atoms with Gasteiger partial charge in [0, 0.05) is 58.6 Å². The normalized spacial score (nSPS) is 18.3. The first-order chi connectivity index (χ1) is 15.8. The summed E-state index contributed by atoms with van der Waals surface area (Å²) in [4.78, 5) is 14.1. The molecule has 0 amide bonds. The number of pyridine rings is 1. The van der Waals surface area contributed by atoms with Crippen molar-refractivity contribution in [1.82, 2.24) is 20.5 Å². The van der Waals surface area contributed by atoms with Crippen molar-refractivity contribution in [2.75, 3.05) is 38.1 Å². The molecule has 0 saturated carbocycles. The molecule has 180 valence electrons. The number of aliphatic imine (C=N–C) groups is 1. The van der Waals surface area contributed by atoms with Gasteiger partial charge in [0.05, 0.1) is 0 Å². The maximum absolute atomic E-state index is 4.63. The van der Waals surface area contributed by atoms with Crippen LogP contribution >= 0.6 is 24.0 Å². The Morgan fingerprint density at radius 3 is 2.39 bits per heavy atom. The zero-order chi connectivity index (χ0) is 22.0. The number of nitrogens with zero attached hydrogens (tertiary/aromatic N) is 4. The second kappa shape index (κ2) is 13.7. The van der Waals surface area contributed by atoms with Crippen LogP contribution in [0.5, 0.6) is 0 Å². The zero-order valence-electron chi connectivity index (χ0n) is 19.9. The molecule has 2 N–H and O–H groups in total. The number of likely N-dealkylation sites (tertiary alicyclic amines) is 1. The standard InChI is InChI=1S/C26H38N6.HI/c1-27-26(30-24-12-17-31(18-13-24)21-22-9-5-4-6-10-22)29-20-23-11-14-28-25(19-23)32-15-7-2-3-8-16-32;/h4-6,9-11,14,19,24H,2-3,7-8,12-13,15-18,20-21H2,1H3,(H2,27,29,30);1H. The molecule has 2 aliphatic heterocycles. The summed E-state index contributed by atoms with van der Waals surface area (Å²) in [7, 11) is 1.86. The second-order valence-electron chi connectivity index (χ2n) is 9.03. The van der Waals surface area contributed by atoms with Crippen LogP contribution in [0.4, 0.5) is 5.82 Å². The van der Waals surface area contributed by atoms with Gasteiger partial charge >= 0.3 is 0 Å². The molecule has 4 rings (SSSR count). The van der Waals surface area contributed by atoms with Crippen molar-refractivity contribution in [2.45, 2.75) is 57.7 Å². The molecule has 6 nitrogen and oxygen atoms in total. The third-order valence-corrected chi connectivity index (χ3v) is 6.60. The Bertz CT molecular complexity index is 843. The molecular weight excluding hydrogens is 523 g/mol. The van der Waals surface area contributed by atoms with Gasteiger partial charge in [0.2, 0.25) is 0 Å². The Kier molecular flexibility index (Phi) is 10.7. The van der Waals surface area contributed by atoms with Gasteiger partial charge in [0.15, 0.2) is 5.96 Å². The smallest absolute Gasteiger partial charge is 0.191 e. The predicted octanol–water partition coefficient (Wildman–Crippen LogP) is 4.41. The van der Waals surface area contributed by atoms with Gasteiger partial charge in [-0.15, -0.1) is 24.0 Å². The number of anilines is 1. The fourth-order valence-electron chi connectivity index (χ4n) is 4.69. The van der Waals surface area contributed by atoms with E-state index in [4.69, 9.17) is 0 Å². The van der Waals surface area contributed by atoms with Crippen LogP contribution in [0.25, 0.3) is 0 Å². The molecule has 1 aromatic carbocycles. The average molecular weight is 563 g/mol. The maximum Gasteiger partial charge on any atom is 0.191 e. The highest BCUT2D eigenvalue weighted by Gasteiger charge is 2.20. The van der Waals surface area contributed by atoms with Crippen LogP contribution in [0.2, 0.25) is 0 Å². The summed E-state index contributed by atoms with van der Waals surface area (Å²) in [5, 5.41) is 7.14. The Morgan fingerprint density at radius 1 is 0.970 bits per heavy atom. The summed E-state index contributed by atoms with van der Waals surface area (Å²) >= 11 is 0. The van der Waals surface area contributed by atoms with E-state index in [1.807, 2.05) is 13.2 Å². The van der Waals surface area contributed by atoms with Crippen LogP contribution in [-0.4, -0.2) is 55.1 Å². The molecule has 0 aliphatic carbocycles. The van der Waals surface area contributed by atoms with Crippen molar-refractivity contribution in [3.05, 3.63) is 59.8 Å². The van der Waals surface area contributed by atoms with Gasteiger partial charge in [0.25, 0.3) is 0 Å². The maximum atomic E-state index is 4.63. The molecule has 0 bridgehead atoms. The lowest BCUT2D eigenvalue weighted by Crippen LogP contribution is -2.48. The monoisotopic (exact) mass is 562 g/mol. The van der Waals surface area contributed by atoms with Gasteiger partial charge < -0.3 is 15.5 Å². The van der Waals surface area contributed by atoms with Gasteiger partial charge in [-0.3, -0.25) is 9.89 Å². The van der Waals surface area contributed by atoms with Crippen LogP contribution in [0.1, 0.15) is 49.7 Å². The molecule has 7 heteroatoms. The van der Waals surface area contributed by atoms with Crippen molar-refractivity contribution in [1.29, 1.82) is 0 Å². The first-order valence-corrected chi connectivity index (χ1v) is 12.2. The number of piperidine rings is 1. The van der Waals surface area contributed by atoms with Crippen LogP contribution in [-0.2, 0) is 13.1 Å². The van der Waals surface area contributed by atoms with E-state index in [0.717, 1.165) is 63.9 Å². The fraction of sp³-hybridized carbons (Fsp3) is 0.538. The Morgan fingerprint density at radius 2 is 1.70 bits per heavy atom. The van der Waals surface area contributed by atoms with E-state index in [1.54, 1.807) is 0 Å². The largest absolute Gasteiger partial charge is 0.357 e. The third kappa shape index (κ3) is 8.14. The van der Waals surface area contributed by atoms with Crippen LogP contribution in [0.3, 0.4) is 0 Å². The van der Waals surface area contributed by atoms with Crippen molar-refractivity contribution in [3.63, 3.8) is 0 Å². The first-order valence-electron chi connectivity index (χ1n) is 12.2. The van der Waals surface area contributed by atoms with E-state index >= 15 is 0 Å². The van der Waals surface area contributed by atoms with Crippen LogP contribution < -0.4 is 15.5 Å². The molecule has 0 unspecified atom stereocenters. The lowest BCUT2D eigenvalue weighted by atomic mass is 10.0. The van der Waals surface area contributed by atoms with E-state index < -0.39 is 0 Å². The number of rotatable bonds is 6. The summed E-state index contributed by atoms with van der Waals surface area (Å²) in [5.74, 6) is 2.00. The van der Waals surface area contributed by atoms with Gasteiger partial charge in [-0.25, -0.2) is 4.98 Å². The third-order valence-electron chi connectivity index (χ3n) is 6.60. The van der Waals surface area contributed by atoms with Gasteiger partial charge in [-0.1, -0.05) is 43.2 Å². The molecule has 33 heavy (non-hydrogen) atoms. The summed E-state index contributed by atoms with van der Waals surface area (Å²) in [6.45, 7) is 6.28. The SMILES string of the molecule is CN=C(NCc1ccnc(N2CCCCCC2)c1)NC1CCN(Cc2ccccc2)CC1.I. The highest BCUT2D eigenvalue weighted by atomic mass is 127. The molecule has 0 atom stereocenters. The topological polar surface area (TPSA) is 55.8 Å². The van der Waals surface area contributed by atoms with Gasteiger partial charge in [-0.05, 0) is 48.9 Å². The van der Waals surface area contributed by atoms with Gasteiger partial charge in [0.1, 0.15) is 5.82 Å². The molecule has 1 aromatic heterocycles. The van der Waals surface area contributed by atoms with Crippen molar-refractivity contribution in [2.24, 2.45) is 4.99 Å². The molecule has 3 heterocycles. The van der Waals surface area contributed by atoms with Gasteiger partial charge in [-0.2, -0.15) is 0 Å². The van der Waals surface area contributed by atoms with Crippen LogP contribution in [0.15, 0.2) is 53.7 Å². The van der Waals surface area contributed by atoms with E-state index in [2.05, 4.69) is 72.9 Å². The number of hydrogen-bond acceptors (Lipinski definition) is 4. The summed E-state index contributed by atoms with van der Waals surface area (Å²) in [6.07, 6.45) is 9.44. The van der Waals surface area contributed by atoms with Crippen molar-refractivity contribution in [3.8, 4) is 0 Å². The van der Waals surface area contributed by atoms with E-state index in [9.17, 15) is 0 Å². The van der Waals surface area contributed by atoms with E-state index in [1.165, 1.54) is 36.8 Å². The molecule has 2 aromatic rings. The number of nitrogens with one attached hydrogen (secondary N) is 2. The van der Waals surface area contributed by atoms with Crippen molar-refractivity contribution >= 4 is 35.8 Å². The Labute approximate surface area is 216 Å². The minimum Gasteiger partial charge on any atom is -0.357 e. The Balaban J connectivity index is 0.00000306. The summed E-state index contributed by atoms with van der Waals surface area (Å²) in [5.41, 5.74) is 2.65. The number of halogens is 1. The number of hydrogen-bond donors (Lipinski definition) is 2. The average Bonchev–Trinajstić information content (AvgIpc) is 3.13. The molecule has 2 fully saturated rings. The number of aromatic nitrogens is 1. The van der Waals surface area contributed by atoms with Crippen molar-refractivity contribution < 1.29 is 0 Å². The lowest BCUT2D eigenvalue weighted by Gasteiger charge is -2.33. The van der Waals surface area contributed by atoms with E-state index in [-0.39, 0.29) is 24.0 Å². The Hall–Kier alpha value is -1.87. The fourth-order valence-corrected chi connectivity index (χ4v) is 4.69. The quantitative estimate of drug-likeness (QED) is 0.311. The zero-order valence-corrected chi connectivity index (χ0v) is 22.2. The van der Waals surface area contributed by atoms with Crippen LogP contribution in [0, 0.1) is 0 Å². The van der Waals surface area contributed by atoms with E-state index in [0.29, 0.717) is 6.04 Å². The molecular formula is C26H39IN6. The number of benzene rings is 1. The highest BCUT2D eigenvalue weighted by molar-refractivity contribution is 14.0. The predicted molar refractivity (Wildman–Crippen MR) is 148 cm³/mol. The molecule has 2 saturated heterocycles. The summed E-state index contributed by atoms with van der Waals surface area (Å²) in [6, 6.07) is 15.6. The minimum absolute atomic E-state index is 0. The second-order valence-corrected chi connectivity index (χ2v) is 9.03. The summed E-state index contributed by atoms with van der Waals surface area (Å²) < 4.78 is 0. The highest BCUT2D eigenvalue weighted by Crippen LogP contribution is 2.18. The minimum atomic E-state index is 0. The molecule has 0 radical (unpaired) electrons. The molecule has 2 aliphatic rings. The number of guanidine groups is 1. The first kappa shape index (κ1) is 25.7.